The molecule has 1 amide bonds. The second-order valence-electron chi connectivity index (χ2n) is 4.69. The Hall–Kier alpha value is -1.88. The quantitative estimate of drug-likeness (QED) is 0.932. The number of hydrogen-bond acceptors (Lipinski definition) is 4. The van der Waals surface area contributed by atoms with Crippen LogP contribution < -0.4 is 0 Å². The largest absolute Gasteiger partial charge is 0.505 e. The van der Waals surface area contributed by atoms with Gasteiger partial charge in [-0.2, -0.15) is 11.3 Å². The van der Waals surface area contributed by atoms with Crippen LogP contribution in [0.3, 0.4) is 0 Å². The van der Waals surface area contributed by atoms with E-state index in [4.69, 9.17) is 0 Å². The zero-order valence-corrected chi connectivity index (χ0v) is 11.1. The van der Waals surface area contributed by atoms with Gasteiger partial charge in [-0.1, -0.05) is 0 Å². The minimum atomic E-state index is -0.117. The van der Waals surface area contributed by atoms with Gasteiger partial charge >= 0.3 is 0 Å². The van der Waals surface area contributed by atoms with Crippen LogP contribution in [0.15, 0.2) is 35.3 Å². The maximum absolute atomic E-state index is 12.5. The van der Waals surface area contributed by atoms with Gasteiger partial charge in [-0.3, -0.25) is 9.78 Å². The monoisotopic (exact) mass is 274 g/mol. The molecule has 2 heterocycles. The molecule has 1 aliphatic rings. The molecule has 0 spiro atoms. The van der Waals surface area contributed by atoms with E-state index in [-0.39, 0.29) is 11.7 Å². The van der Waals surface area contributed by atoms with E-state index >= 15 is 0 Å². The number of rotatable bonds is 4. The molecule has 0 aromatic carbocycles. The summed E-state index contributed by atoms with van der Waals surface area (Å²) in [7, 11) is 0. The predicted molar refractivity (Wildman–Crippen MR) is 73.1 cm³/mol. The molecule has 98 valence electrons. The number of hydrogen-bond donors (Lipinski definition) is 1. The van der Waals surface area contributed by atoms with Crippen LogP contribution in [0.1, 0.15) is 28.8 Å². The van der Waals surface area contributed by atoms with Crippen LogP contribution in [0.4, 0.5) is 0 Å². The van der Waals surface area contributed by atoms with Crippen LogP contribution in [-0.4, -0.2) is 26.9 Å². The van der Waals surface area contributed by atoms with Crippen LogP contribution >= 0.6 is 11.3 Å². The summed E-state index contributed by atoms with van der Waals surface area (Å²) < 4.78 is 0. The zero-order valence-electron chi connectivity index (χ0n) is 10.3. The second-order valence-corrected chi connectivity index (χ2v) is 5.47. The van der Waals surface area contributed by atoms with Crippen LogP contribution in [0.2, 0.25) is 0 Å². The Balaban J connectivity index is 1.84. The molecular weight excluding hydrogens is 260 g/mol. The van der Waals surface area contributed by atoms with E-state index in [9.17, 15) is 9.90 Å². The molecule has 0 saturated heterocycles. The molecule has 0 bridgehead atoms. The van der Waals surface area contributed by atoms with Crippen molar-refractivity contribution in [1.29, 1.82) is 0 Å². The van der Waals surface area contributed by atoms with Crippen LogP contribution in [0.5, 0.6) is 5.75 Å². The summed E-state index contributed by atoms with van der Waals surface area (Å²) in [5.41, 5.74) is 1.47. The molecule has 2 aromatic heterocycles. The molecule has 1 fully saturated rings. The number of aromatic hydroxyl groups is 1. The standard InChI is InChI=1S/C14H14N2O2S/c17-13-7-15-5-3-12(13)14(18)16(11-1-2-11)8-10-4-6-19-9-10/h3-7,9,11,17H,1-2,8H2. The normalized spacial score (nSPS) is 14.3. The molecule has 19 heavy (non-hydrogen) atoms. The highest BCUT2D eigenvalue weighted by atomic mass is 32.1. The van der Waals surface area contributed by atoms with Gasteiger partial charge in [-0.05, 0) is 41.3 Å². The Morgan fingerprint density at radius 3 is 2.95 bits per heavy atom. The highest BCUT2D eigenvalue weighted by molar-refractivity contribution is 7.07. The van der Waals surface area contributed by atoms with E-state index in [1.165, 1.54) is 12.4 Å². The van der Waals surface area contributed by atoms with Gasteiger partial charge in [0.2, 0.25) is 0 Å². The molecule has 5 heteroatoms. The molecule has 1 N–H and O–H groups in total. The molecule has 0 radical (unpaired) electrons. The van der Waals surface area contributed by atoms with E-state index in [1.807, 2.05) is 16.3 Å². The van der Waals surface area contributed by atoms with Gasteiger partial charge in [0.25, 0.3) is 5.91 Å². The summed E-state index contributed by atoms with van der Waals surface area (Å²) in [6, 6.07) is 3.90. The van der Waals surface area contributed by atoms with Crippen molar-refractivity contribution in [3.63, 3.8) is 0 Å². The van der Waals surface area contributed by atoms with E-state index in [2.05, 4.69) is 10.4 Å². The van der Waals surface area contributed by atoms with Crippen molar-refractivity contribution in [2.75, 3.05) is 0 Å². The first-order chi connectivity index (χ1) is 9.25. The van der Waals surface area contributed by atoms with Gasteiger partial charge in [0.05, 0.1) is 11.8 Å². The molecule has 0 unspecified atom stereocenters. The lowest BCUT2D eigenvalue weighted by Crippen LogP contribution is -2.32. The van der Waals surface area contributed by atoms with E-state index in [0.29, 0.717) is 18.2 Å². The molecular formula is C14H14N2O2S. The summed E-state index contributed by atoms with van der Waals surface area (Å²) >= 11 is 1.63. The Bertz CT molecular complexity index is 579. The summed E-state index contributed by atoms with van der Waals surface area (Å²) in [5.74, 6) is -0.169. The third-order valence-corrected chi connectivity index (χ3v) is 3.94. The summed E-state index contributed by atoms with van der Waals surface area (Å²) in [5, 5.41) is 13.8. The average Bonchev–Trinajstić information content (AvgIpc) is 3.13. The van der Waals surface area contributed by atoms with Crippen molar-refractivity contribution >= 4 is 17.2 Å². The number of thiophene rings is 1. The van der Waals surface area contributed by atoms with Crippen molar-refractivity contribution in [1.82, 2.24) is 9.88 Å². The van der Waals surface area contributed by atoms with Gasteiger partial charge in [-0.15, -0.1) is 0 Å². The SMILES string of the molecule is O=C(c1ccncc1O)N(Cc1ccsc1)C1CC1. The first-order valence-corrected chi connectivity index (χ1v) is 7.15. The minimum absolute atomic E-state index is 0.0523. The van der Waals surface area contributed by atoms with Crippen LogP contribution in [-0.2, 0) is 6.54 Å². The van der Waals surface area contributed by atoms with Crippen molar-refractivity contribution in [3.05, 3.63) is 46.4 Å². The highest BCUT2D eigenvalue weighted by Crippen LogP contribution is 2.31. The van der Waals surface area contributed by atoms with Crippen LogP contribution in [0, 0.1) is 0 Å². The van der Waals surface area contributed by atoms with E-state index in [0.717, 1.165) is 18.4 Å². The van der Waals surface area contributed by atoms with Gasteiger partial charge in [0, 0.05) is 18.8 Å². The number of carbonyl (C=O) groups excluding carboxylic acids is 1. The first kappa shape index (κ1) is 12.2. The molecule has 0 atom stereocenters. The molecule has 2 aromatic rings. The van der Waals surface area contributed by atoms with Crippen molar-refractivity contribution in [3.8, 4) is 5.75 Å². The second kappa shape index (κ2) is 5.01. The summed E-state index contributed by atoms with van der Waals surface area (Å²) in [6.45, 7) is 0.606. The number of amides is 1. The fourth-order valence-electron chi connectivity index (χ4n) is 2.05. The molecule has 4 nitrogen and oxygen atoms in total. The number of aromatic nitrogens is 1. The van der Waals surface area contributed by atoms with Crippen molar-refractivity contribution in [2.45, 2.75) is 25.4 Å². The lowest BCUT2D eigenvalue weighted by Gasteiger charge is -2.22. The van der Waals surface area contributed by atoms with Crippen molar-refractivity contribution < 1.29 is 9.90 Å². The van der Waals surface area contributed by atoms with Gasteiger partial charge in [-0.25, -0.2) is 0 Å². The molecule has 1 saturated carbocycles. The van der Waals surface area contributed by atoms with Gasteiger partial charge in [0.1, 0.15) is 5.75 Å². The maximum atomic E-state index is 12.5. The minimum Gasteiger partial charge on any atom is -0.505 e. The Morgan fingerprint density at radius 1 is 1.47 bits per heavy atom. The molecule has 0 aliphatic heterocycles. The predicted octanol–water partition coefficient (Wildman–Crippen LogP) is 2.65. The van der Waals surface area contributed by atoms with Gasteiger partial charge < -0.3 is 10.0 Å². The lowest BCUT2D eigenvalue weighted by molar-refractivity contribution is 0.0727. The Morgan fingerprint density at radius 2 is 2.32 bits per heavy atom. The third-order valence-electron chi connectivity index (χ3n) is 3.21. The fraction of sp³-hybridized carbons (Fsp3) is 0.286. The molecule has 3 rings (SSSR count). The van der Waals surface area contributed by atoms with E-state index < -0.39 is 0 Å². The topological polar surface area (TPSA) is 53.4 Å². The Kier molecular flexibility index (Phi) is 3.21. The maximum Gasteiger partial charge on any atom is 0.258 e. The highest BCUT2D eigenvalue weighted by Gasteiger charge is 2.33. The lowest BCUT2D eigenvalue weighted by atomic mass is 10.2. The average molecular weight is 274 g/mol. The smallest absolute Gasteiger partial charge is 0.258 e. The van der Waals surface area contributed by atoms with Crippen LogP contribution in [0.25, 0.3) is 0 Å². The number of pyridine rings is 1. The van der Waals surface area contributed by atoms with Crippen molar-refractivity contribution in [2.24, 2.45) is 0 Å². The number of carbonyl (C=O) groups is 1. The van der Waals surface area contributed by atoms with E-state index in [1.54, 1.807) is 17.4 Å². The Labute approximate surface area is 115 Å². The summed E-state index contributed by atoms with van der Waals surface area (Å²) in [6.07, 6.45) is 4.93. The third kappa shape index (κ3) is 2.61. The molecule has 1 aliphatic carbocycles. The zero-order chi connectivity index (χ0) is 13.2. The fourth-order valence-corrected chi connectivity index (χ4v) is 2.71. The summed E-state index contributed by atoms with van der Waals surface area (Å²) in [4.78, 5) is 18.2. The first-order valence-electron chi connectivity index (χ1n) is 6.20. The number of nitrogens with zero attached hydrogens (tertiary/aromatic N) is 2. The van der Waals surface area contributed by atoms with Gasteiger partial charge in [0.15, 0.2) is 0 Å².